The third-order valence-electron chi connectivity index (χ3n) is 2.10. The van der Waals surface area contributed by atoms with Crippen molar-refractivity contribution < 1.29 is 0 Å². The molecule has 0 atom stereocenters. The minimum Gasteiger partial charge on any atom is -0.130 e. The van der Waals surface area contributed by atoms with E-state index in [4.69, 9.17) is 0 Å². The SMILES string of the molecule is C1=CCCC=CCCCCCC=1. The van der Waals surface area contributed by atoms with Crippen LogP contribution in [0.15, 0.2) is 30.0 Å². The molecule has 0 saturated heterocycles. The van der Waals surface area contributed by atoms with Crippen molar-refractivity contribution in [2.24, 2.45) is 0 Å². The highest BCUT2D eigenvalue weighted by atomic mass is 13.9. The van der Waals surface area contributed by atoms with Crippen molar-refractivity contribution >= 4 is 0 Å². The van der Waals surface area contributed by atoms with Crippen molar-refractivity contribution in [3.05, 3.63) is 30.0 Å². The molecule has 1 aliphatic carbocycles. The third kappa shape index (κ3) is 4.98. The molecule has 0 amide bonds. The highest BCUT2D eigenvalue weighted by Gasteiger charge is 1.86. The average molecular weight is 162 g/mol. The lowest BCUT2D eigenvalue weighted by atomic mass is 10.1. The van der Waals surface area contributed by atoms with Crippen molar-refractivity contribution in [2.45, 2.75) is 44.9 Å². The average Bonchev–Trinajstić information content (AvgIpc) is 2.05. The summed E-state index contributed by atoms with van der Waals surface area (Å²) in [5, 5.41) is 0. The van der Waals surface area contributed by atoms with Gasteiger partial charge >= 0.3 is 0 Å². The van der Waals surface area contributed by atoms with Crippen molar-refractivity contribution in [2.75, 3.05) is 0 Å². The second-order valence-corrected chi connectivity index (χ2v) is 3.26. The molecule has 0 heteroatoms. The maximum Gasteiger partial charge on any atom is -0.0240 e. The van der Waals surface area contributed by atoms with E-state index in [1.54, 1.807) is 0 Å². The first-order valence-corrected chi connectivity index (χ1v) is 5.04. The molecule has 0 unspecified atom stereocenters. The predicted octanol–water partition coefficient (Wildman–Crippen LogP) is 4.00. The van der Waals surface area contributed by atoms with E-state index >= 15 is 0 Å². The molecule has 66 valence electrons. The third-order valence-corrected chi connectivity index (χ3v) is 2.10. The smallest absolute Gasteiger partial charge is 0.0240 e. The fraction of sp³-hybridized carbons (Fsp3) is 0.583. The van der Waals surface area contributed by atoms with Gasteiger partial charge < -0.3 is 0 Å². The molecule has 0 heterocycles. The highest BCUT2D eigenvalue weighted by Crippen LogP contribution is 2.05. The number of hydrogen-bond acceptors (Lipinski definition) is 0. The molecule has 0 aromatic heterocycles. The first-order valence-electron chi connectivity index (χ1n) is 5.04. The molecule has 0 saturated carbocycles. The van der Waals surface area contributed by atoms with Gasteiger partial charge in [-0.2, -0.15) is 0 Å². The summed E-state index contributed by atoms with van der Waals surface area (Å²) in [6.45, 7) is 0. The van der Waals surface area contributed by atoms with Gasteiger partial charge in [-0.25, -0.2) is 0 Å². The van der Waals surface area contributed by atoms with Crippen molar-refractivity contribution in [1.29, 1.82) is 0 Å². The van der Waals surface area contributed by atoms with Gasteiger partial charge in [0.25, 0.3) is 0 Å². The summed E-state index contributed by atoms with van der Waals surface area (Å²) in [6.07, 6.45) is 17.8. The molecule has 1 rings (SSSR count). The van der Waals surface area contributed by atoms with Crippen LogP contribution in [0.2, 0.25) is 0 Å². The Morgan fingerprint density at radius 3 is 2.42 bits per heavy atom. The molecular formula is C12H18. The molecule has 0 aliphatic heterocycles. The van der Waals surface area contributed by atoms with Crippen LogP contribution in [-0.2, 0) is 0 Å². The molecule has 0 aromatic carbocycles. The highest BCUT2D eigenvalue weighted by molar-refractivity contribution is 4.89. The van der Waals surface area contributed by atoms with Gasteiger partial charge in [0.05, 0.1) is 0 Å². The van der Waals surface area contributed by atoms with E-state index in [9.17, 15) is 0 Å². The quantitative estimate of drug-likeness (QED) is 0.373. The second kappa shape index (κ2) is 6.94. The lowest BCUT2D eigenvalue weighted by molar-refractivity contribution is 0.695. The summed E-state index contributed by atoms with van der Waals surface area (Å²) in [5.74, 6) is 0. The Labute approximate surface area is 75.7 Å². The van der Waals surface area contributed by atoms with Crippen LogP contribution in [0.25, 0.3) is 0 Å². The monoisotopic (exact) mass is 162 g/mol. The van der Waals surface area contributed by atoms with Crippen LogP contribution in [0.1, 0.15) is 44.9 Å². The van der Waals surface area contributed by atoms with Crippen LogP contribution in [0, 0.1) is 0 Å². The van der Waals surface area contributed by atoms with Crippen molar-refractivity contribution in [3.8, 4) is 0 Å². The van der Waals surface area contributed by atoms with Gasteiger partial charge in [-0.1, -0.05) is 18.6 Å². The minimum atomic E-state index is 1.15. The molecule has 12 heavy (non-hydrogen) atoms. The standard InChI is InChI=1S/C12H18/c1-2-4-6-8-10-12-11-9-7-5-3-1/h1-2,7,11H,3-6,8,10,12H2. The largest absolute Gasteiger partial charge is 0.130 e. The van der Waals surface area contributed by atoms with Crippen molar-refractivity contribution in [1.82, 2.24) is 0 Å². The molecule has 0 fully saturated rings. The number of hydrogen-bond donors (Lipinski definition) is 0. The van der Waals surface area contributed by atoms with E-state index in [0.717, 1.165) is 6.42 Å². The van der Waals surface area contributed by atoms with Gasteiger partial charge in [-0.05, 0) is 50.7 Å². The lowest BCUT2D eigenvalue weighted by Crippen LogP contribution is -1.75. The molecule has 0 bridgehead atoms. The molecule has 1 aliphatic rings. The Kier molecular flexibility index (Phi) is 5.41. The van der Waals surface area contributed by atoms with E-state index in [1.165, 1.54) is 38.5 Å². The molecule has 0 nitrogen and oxygen atoms in total. The second-order valence-electron chi connectivity index (χ2n) is 3.26. The summed E-state index contributed by atoms with van der Waals surface area (Å²) >= 11 is 0. The Balaban J connectivity index is 2.31. The Morgan fingerprint density at radius 1 is 0.667 bits per heavy atom. The molecule has 0 aromatic rings. The van der Waals surface area contributed by atoms with Crippen LogP contribution >= 0.6 is 0 Å². The van der Waals surface area contributed by atoms with Crippen LogP contribution in [0.3, 0.4) is 0 Å². The maximum absolute atomic E-state index is 3.22. The summed E-state index contributed by atoms with van der Waals surface area (Å²) in [4.78, 5) is 0. The van der Waals surface area contributed by atoms with Gasteiger partial charge in [0, 0.05) is 0 Å². The van der Waals surface area contributed by atoms with Crippen LogP contribution in [0.5, 0.6) is 0 Å². The van der Waals surface area contributed by atoms with Gasteiger partial charge in [-0.3, -0.25) is 0 Å². The first kappa shape index (κ1) is 9.35. The summed E-state index contributed by atoms with van der Waals surface area (Å²) in [7, 11) is 0. The van der Waals surface area contributed by atoms with E-state index in [-0.39, 0.29) is 0 Å². The molecule has 0 radical (unpaired) electrons. The zero-order valence-electron chi connectivity index (χ0n) is 7.76. The minimum absolute atomic E-state index is 1.15. The zero-order valence-corrected chi connectivity index (χ0v) is 7.76. The van der Waals surface area contributed by atoms with E-state index < -0.39 is 0 Å². The normalized spacial score (nSPS) is 20.0. The van der Waals surface area contributed by atoms with Gasteiger partial charge in [0.15, 0.2) is 0 Å². The molecule has 0 spiro atoms. The Hall–Kier alpha value is -0.740. The van der Waals surface area contributed by atoms with Crippen LogP contribution in [-0.4, -0.2) is 0 Å². The molecule has 0 N–H and O–H groups in total. The summed E-state index contributed by atoms with van der Waals surface area (Å²) in [5.41, 5.74) is 3.22. The van der Waals surface area contributed by atoms with E-state index in [2.05, 4.69) is 30.0 Å². The van der Waals surface area contributed by atoms with E-state index in [1.807, 2.05) is 0 Å². The topological polar surface area (TPSA) is 0 Å². The predicted molar refractivity (Wildman–Crippen MR) is 54.1 cm³/mol. The van der Waals surface area contributed by atoms with Gasteiger partial charge in [0.1, 0.15) is 0 Å². The Bertz CT molecular complexity index is 180. The lowest BCUT2D eigenvalue weighted by Gasteiger charge is -1.95. The fourth-order valence-corrected chi connectivity index (χ4v) is 1.35. The number of rotatable bonds is 0. The zero-order chi connectivity index (χ0) is 8.49. The van der Waals surface area contributed by atoms with E-state index in [0.29, 0.717) is 0 Å². The van der Waals surface area contributed by atoms with Crippen LogP contribution < -0.4 is 0 Å². The van der Waals surface area contributed by atoms with Gasteiger partial charge in [-0.15, -0.1) is 5.73 Å². The molecular weight excluding hydrogens is 144 g/mol. The maximum atomic E-state index is 3.22. The van der Waals surface area contributed by atoms with Crippen LogP contribution in [0.4, 0.5) is 0 Å². The fourth-order valence-electron chi connectivity index (χ4n) is 1.35. The first-order chi connectivity index (χ1) is 6.00. The Morgan fingerprint density at radius 2 is 1.42 bits per heavy atom. The summed E-state index contributed by atoms with van der Waals surface area (Å²) in [6, 6.07) is 0. The van der Waals surface area contributed by atoms with Crippen molar-refractivity contribution in [3.63, 3.8) is 0 Å². The summed E-state index contributed by atoms with van der Waals surface area (Å²) < 4.78 is 0. The van der Waals surface area contributed by atoms with Gasteiger partial charge in [0.2, 0.25) is 0 Å². The number of allylic oxidation sites excluding steroid dienone is 3.